The van der Waals surface area contributed by atoms with E-state index in [9.17, 15) is 4.79 Å². The summed E-state index contributed by atoms with van der Waals surface area (Å²) in [4.78, 5) is 12.2. The molecule has 4 atom stereocenters. The van der Waals surface area contributed by atoms with Gasteiger partial charge in [0.25, 0.3) is 0 Å². The van der Waals surface area contributed by atoms with E-state index in [1.807, 2.05) is 0 Å². The van der Waals surface area contributed by atoms with Gasteiger partial charge in [0.2, 0.25) is 0 Å². The van der Waals surface area contributed by atoms with Crippen LogP contribution in [0.1, 0.15) is 46.0 Å². The van der Waals surface area contributed by atoms with Gasteiger partial charge in [0, 0.05) is 0 Å². The predicted octanol–water partition coefficient (Wildman–Crippen LogP) is 3.57. The molecule has 0 heterocycles. The van der Waals surface area contributed by atoms with Crippen LogP contribution >= 0.6 is 0 Å². The van der Waals surface area contributed by atoms with E-state index in [4.69, 9.17) is 4.74 Å². The Labute approximate surface area is 104 Å². The first-order valence-electron chi connectivity index (χ1n) is 6.73. The van der Waals surface area contributed by atoms with Gasteiger partial charge in [-0.05, 0) is 49.9 Å². The third-order valence-electron chi connectivity index (χ3n) is 5.65. The van der Waals surface area contributed by atoms with E-state index in [1.54, 1.807) is 0 Å². The van der Waals surface area contributed by atoms with Crippen molar-refractivity contribution in [3.05, 3.63) is 12.7 Å². The molecule has 0 bridgehead atoms. The van der Waals surface area contributed by atoms with Crippen molar-refractivity contribution in [1.29, 1.82) is 0 Å². The number of allylic oxidation sites excluding steroid dienone is 1. The van der Waals surface area contributed by atoms with Crippen molar-refractivity contribution < 1.29 is 9.53 Å². The Morgan fingerprint density at radius 1 is 1.41 bits per heavy atom. The van der Waals surface area contributed by atoms with E-state index in [-0.39, 0.29) is 16.8 Å². The molecular weight excluding hydrogens is 212 g/mol. The number of rotatable bonds is 2. The Kier molecular flexibility index (Phi) is 3.09. The molecule has 0 aliphatic heterocycles. The summed E-state index contributed by atoms with van der Waals surface area (Å²) in [6, 6.07) is 0. The summed E-state index contributed by atoms with van der Waals surface area (Å²) in [5.41, 5.74) is -0.132. The van der Waals surface area contributed by atoms with Crippen LogP contribution in [0.5, 0.6) is 0 Å². The monoisotopic (exact) mass is 236 g/mol. The molecule has 0 saturated heterocycles. The van der Waals surface area contributed by atoms with Crippen LogP contribution in [0.4, 0.5) is 0 Å². The third-order valence-corrected chi connectivity index (χ3v) is 5.65. The van der Waals surface area contributed by atoms with E-state index in [2.05, 4.69) is 26.5 Å². The quantitative estimate of drug-likeness (QED) is 0.541. The Bertz CT molecular complexity index is 336. The molecule has 2 heteroatoms. The van der Waals surface area contributed by atoms with Crippen LogP contribution in [0, 0.1) is 22.7 Å². The lowest BCUT2D eigenvalue weighted by molar-refractivity contribution is -0.166. The molecule has 2 saturated carbocycles. The third kappa shape index (κ3) is 1.56. The Morgan fingerprint density at radius 2 is 2.12 bits per heavy atom. The van der Waals surface area contributed by atoms with Gasteiger partial charge in [-0.1, -0.05) is 19.4 Å². The lowest BCUT2D eigenvalue weighted by Gasteiger charge is -2.51. The molecule has 17 heavy (non-hydrogen) atoms. The maximum atomic E-state index is 12.2. The van der Waals surface area contributed by atoms with Gasteiger partial charge in [-0.2, -0.15) is 0 Å². The fraction of sp³-hybridized carbons (Fsp3) is 0.800. The topological polar surface area (TPSA) is 26.3 Å². The van der Waals surface area contributed by atoms with Crippen molar-refractivity contribution in [1.82, 2.24) is 0 Å². The summed E-state index contributed by atoms with van der Waals surface area (Å²) in [6.45, 7) is 8.35. The molecule has 0 radical (unpaired) electrons. The molecule has 2 aliphatic carbocycles. The zero-order valence-electron chi connectivity index (χ0n) is 11.3. The first-order chi connectivity index (χ1) is 8.01. The number of hydrogen-bond acceptors (Lipinski definition) is 2. The number of methoxy groups -OCH3 is 1. The zero-order valence-corrected chi connectivity index (χ0v) is 11.3. The average Bonchev–Trinajstić information content (AvgIpc) is 2.78. The summed E-state index contributed by atoms with van der Waals surface area (Å²) < 4.78 is 5.09. The van der Waals surface area contributed by atoms with Crippen molar-refractivity contribution >= 4 is 5.97 Å². The van der Waals surface area contributed by atoms with Gasteiger partial charge in [-0.3, -0.25) is 4.79 Å². The van der Waals surface area contributed by atoms with E-state index >= 15 is 0 Å². The van der Waals surface area contributed by atoms with Gasteiger partial charge in [0.05, 0.1) is 12.5 Å². The minimum Gasteiger partial charge on any atom is -0.469 e. The standard InChI is InChI=1S/C15H24O2/c1-5-15-9-6-7-12(15)14(3,13(16)17-4)11(2)8-10-15/h5,11-12H,1,6-10H2,2-4H3/t11-,12-,14-,15+/m1/s1. The van der Waals surface area contributed by atoms with E-state index in [1.165, 1.54) is 26.4 Å². The molecule has 0 amide bonds. The number of esters is 1. The predicted molar refractivity (Wildman–Crippen MR) is 68.5 cm³/mol. The average molecular weight is 236 g/mol. The summed E-state index contributed by atoms with van der Waals surface area (Å²) in [5, 5.41) is 0. The summed E-state index contributed by atoms with van der Waals surface area (Å²) in [5.74, 6) is 0.803. The molecule has 2 fully saturated rings. The van der Waals surface area contributed by atoms with Gasteiger partial charge < -0.3 is 4.74 Å². The second kappa shape index (κ2) is 4.15. The smallest absolute Gasteiger partial charge is 0.312 e. The van der Waals surface area contributed by atoms with Gasteiger partial charge >= 0.3 is 5.97 Å². The zero-order chi connectivity index (χ0) is 12.7. The molecule has 2 aliphatic rings. The molecule has 96 valence electrons. The minimum absolute atomic E-state index is 0.0252. The highest BCUT2D eigenvalue weighted by Crippen LogP contribution is 2.62. The number of carbonyl (C=O) groups is 1. The molecule has 0 N–H and O–H groups in total. The number of hydrogen-bond donors (Lipinski definition) is 0. The SMILES string of the molecule is C=C[C@@]12CCC[C@@H]1[C@](C)(C(=O)OC)[C@H](C)CC2. The van der Waals surface area contributed by atoms with E-state index < -0.39 is 0 Å². The molecule has 0 aromatic rings. The summed E-state index contributed by atoms with van der Waals surface area (Å²) >= 11 is 0. The lowest BCUT2D eigenvalue weighted by Crippen LogP contribution is -2.50. The Morgan fingerprint density at radius 3 is 2.71 bits per heavy atom. The highest BCUT2D eigenvalue weighted by Gasteiger charge is 2.58. The molecule has 0 spiro atoms. The minimum atomic E-state index is -0.322. The second-order valence-electron chi connectivity index (χ2n) is 6.10. The van der Waals surface area contributed by atoms with Crippen LogP contribution < -0.4 is 0 Å². The van der Waals surface area contributed by atoms with Crippen LogP contribution in [0.25, 0.3) is 0 Å². The van der Waals surface area contributed by atoms with Crippen molar-refractivity contribution in [3.8, 4) is 0 Å². The van der Waals surface area contributed by atoms with Crippen molar-refractivity contribution in [2.75, 3.05) is 7.11 Å². The summed E-state index contributed by atoms with van der Waals surface area (Å²) in [6.07, 6.45) is 7.97. The van der Waals surface area contributed by atoms with E-state index in [0.29, 0.717) is 11.8 Å². The first kappa shape index (κ1) is 12.7. The first-order valence-corrected chi connectivity index (χ1v) is 6.73. The number of carbonyl (C=O) groups excluding carboxylic acids is 1. The van der Waals surface area contributed by atoms with Gasteiger partial charge in [-0.15, -0.1) is 6.58 Å². The Balaban J connectivity index is 2.42. The molecule has 0 aromatic heterocycles. The van der Waals surface area contributed by atoms with Crippen molar-refractivity contribution in [3.63, 3.8) is 0 Å². The van der Waals surface area contributed by atoms with Crippen molar-refractivity contribution in [2.24, 2.45) is 22.7 Å². The van der Waals surface area contributed by atoms with Gasteiger partial charge in [0.15, 0.2) is 0 Å². The van der Waals surface area contributed by atoms with E-state index in [0.717, 1.165) is 12.8 Å². The molecule has 0 aromatic carbocycles. The number of ether oxygens (including phenoxy) is 1. The fourth-order valence-electron chi connectivity index (χ4n) is 4.33. The Hall–Kier alpha value is -0.790. The van der Waals surface area contributed by atoms with Crippen LogP contribution in [0.15, 0.2) is 12.7 Å². The molecule has 0 unspecified atom stereocenters. The van der Waals surface area contributed by atoms with Gasteiger partial charge in [0.1, 0.15) is 0 Å². The second-order valence-corrected chi connectivity index (χ2v) is 6.10. The highest BCUT2D eigenvalue weighted by molar-refractivity contribution is 5.77. The maximum absolute atomic E-state index is 12.2. The highest BCUT2D eigenvalue weighted by atomic mass is 16.5. The molecule has 2 nitrogen and oxygen atoms in total. The molecular formula is C15H24O2. The van der Waals surface area contributed by atoms with Crippen molar-refractivity contribution in [2.45, 2.75) is 46.0 Å². The largest absolute Gasteiger partial charge is 0.469 e. The normalized spacial score (nSPS) is 45.1. The summed E-state index contributed by atoms with van der Waals surface area (Å²) in [7, 11) is 1.51. The van der Waals surface area contributed by atoms with Gasteiger partial charge in [-0.25, -0.2) is 0 Å². The lowest BCUT2D eigenvalue weighted by atomic mass is 9.52. The van der Waals surface area contributed by atoms with Crippen LogP contribution in [0.2, 0.25) is 0 Å². The fourth-order valence-corrected chi connectivity index (χ4v) is 4.33. The van der Waals surface area contributed by atoms with Crippen LogP contribution in [-0.4, -0.2) is 13.1 Å². The number of fused-ring (bicyclic) bond motifs is 1. The maximum Gasteiger partial charge on any atom is 0.312 e. The van der Waals surface area contributed by atoms with Crippen LogP contribution in [-0.2, 0) is 9.53 Å². The van der Waals surface area contributed by atoms with Crippen LogP contribution in [0.3, 0.4) is 0 Å². The molecule has 2 rings (SSSR count).